The number of hydrogen-bond donors (Lipinski definition) is 0. The van der Waals surface area contributed by atoms with E-state index in [0.29, 0.717) is 23.4 Å². The number of nitrogens with zero attached hydrogens (tertiary/aromatic N) is 3. The van der Waals surface area contributed by atoms with Crippen LogP contribution in [0.1, 0.15) is 23.3 Å². The predicted molar refractivity (Wildman–Crippen MR) is 67.5 cm³/mol. The zero-order chi connectivity index (χ0) is 13.0. The molecular formula is C12H16ClN3O2. The van der Waals surface area contributed by atoms with Crippen LogP contribution in [0.5, 0.6) is 0 Å². The van der Waals surface area contributed by atoms with Crippen LogP contribution in [0, 0.1) is 5.92 Å². The number of piperidine rings is 1. The van der Waals surface area contributed by atoms with Crippen LogP contribution in [-0.4, -0.2) is 47.6 Å². The van der Waals surface area contributed by atoms with Crippen LogP contribution in [0.15, 0.2) is 12.4 Å². The highest BCUT2D eigenvalue weighted by atomic mass is 35.5. The largest absolute Gasteiger partial charge is 0.384 e. The molecule has 98 valence electrons. The molecule has 0 aliphatic carbocycles. The van der Waals surface area contributed by atoms with E-state index in [2.05, 4.69) is 9.97 Å². The second-order valence-electron chi connectivity index (χ2n) is 4.44. The molecule has 0 aromatic carbocycles. The summed E-state index contributed by atoms with van der Waals surface area (Å²) in [6.45, 7) is 2.18. The quantitative estimate of drug-likeness (QED) is 0.837. The molecule has 1 aliphatic rings. The van der Waals surface area contributed by atoms with Gasteiger partial charge in [-0.2, -0.15) is 0 Å². The number of hydrogen-bond acceptors (Lipinski definition) is 4. The van der Waals surface area contributed by atoms with E-state index in [1.54, 1.807) is 7.11 Å². The van der Waals surface area contributed by atoms with Crippen LogP contribution < -0.4 is 0 Å². The van der Waals surface area contributed by atoms with Gasteiger partial charge in [-0.05, 0) is 18.8 Å². The van der Waals surface area contributed by atoms with Crippen molar-refractivity contribution in [1.29, 1.82) is 0 Å². The van der Waals surface area contributed by atoms with E-state index in [-0.39, 0.29) is 5.91 Å². The first-order valence-electron chi connectivity index (χ1n) is 5.96. The second-order valence-corrected chi connectivity index (χ2v) is 4.83. The van der Waals surface area contributed by atoms with E-state index in [0.717, 1.165) is 25.9 Å². The van der Waals surface area contributed by atoms with Crippen molar-refractivity contribution in [3.63, 3.8) is 0 Å². The molecule has 2 rings (SSSR count). The maximum atomic E-state index is 12.2. The number of aromatic nitrogens is 2. The summed E-state index contributed by atoms with van der Waals surface area (Å²) >= 11 is 5.65. The fourth-order valence-corrected chi connectivity index (χ4v) is 2.30. The monoisotopic (exact) mass is 269 g/mol. The Bertz CT molecular complexity index is 408. The van der Waals surface area contributed by atoms with Gasteiger partial charge in [0, 0.05) is 20.2 Å². The average molecular weight is 270 g/mol. The molecule has 1 aromatic rings. The summed E-state index contributed by atoms with van der Waals surface area (Å²) in [6, 6.07) is 0. The Morgan fingerprint density at radius 2 is 2.39 bits per heavy atom. The molecule has 1 fully saturated rings. The molecule has 5 nitrogen and oxygen atoms in total. The summed E-state index contributed by atoms with van der Waals surface area (Å²) in [5, 5.41) is 0.294. The van der Waals surface area contributed by atoms with Crippen molar-refractivity contribution in [3.8, 4) is 0 Å². The van der Waals surface area contributed by atoms with Gasteiger partial charge in [0.05, 0.1) is 19.0 Å². The number of amides is 1. The van der Waals surface area contributed by atoms with Crippen molar-refractivity contribution in [1.82, 2.24) is 14.9 Å². The van der Waals surface area contributed by atoms with Crippen molar-refractivity contribution in [3.05, 3.63) is 23.2 Å². The fourth-order valence-electron chi connectivity index (χ4n) is 2.21. The van der Waals surface area contributed by atoms with Gasteiger partial charge in [-0.3, -0.25) is 4.79 Å². The topological polar surface area (TPSA) is 55.3 Å². The van der Waals surface area contributed by atoms with Crippen molar-refractivity contribution in [2.45, 2.75) is 12.8 Å². The van der Waals surface area contributed by atoms with Gasteiger partial charge in [0.15, 0.2) is 0 Å². The van der Waals surface area contributed by atoms with Gasteiger partial charge in [-0.15, -0.1) is 0 Å². The van der Waals surface area contributed by atoms with Crippen molar-refractivity contribution in [2.24, 2.45) is 5.92 Å². The van der Waals surface area contributed by atoms with E-state index in [9.17, 15) is 4.79 Å². The fraction of sp³-hybridized carbons (Fsp3) is 0.583. The van der Waals surface area contributed by atoms with Crippen LogP contribution in [-0.2, 0) is 4.74 Å². The molecule has 0 spiro atoms. The van der Waals surface area contributed by atoms with Crippen LogP contribution in [0.4, 0.5) is 0 Å². The van der Waals surface area contributed by atoms with Gasteiger partial charge in [-0.1, -0.05) is 11.6 Å². The van der Waals surface area contributed by atoms with Crippen molar-refractivity contribution >= 4 is 17.5 Å². The molecule has 0 radical (unpaired) electrons. The number of rotatable bonds is 3. The summed E-state index contributed by atoms with van der Waals surface area (Å²) in [4.78, 5) is 21.9. The maximum absolute atomic E-state index is 12.2. The summed E-state index contributed by atoms with van der Waals surface area (Å²) in [5.41, 5.74) is 0.345. The van der Waals surface area contributed by atoms with Crippen molar-refractivity contribution < 1.29 is 9.53 Å². The van der Waals surface area contributed by atoms with Gasteiger partial charge in [0.2, 0.25) is 0 Å². The highest BCUT2D eigenvalue weighted by Gasteiger charge is 2.25. The Morgan fingerprint density at radius 1 is 1.56 bits per heavy atom. The number of methoxy groups -OCH3 is 1. The zero-order valence-electron chi connectivity index (χ0n) is 10.3. The first-order valence-corrected chi connectivity index (χ1v) is 6.34. The third-order valence-corrected chi connectivity index (χ3v) is 3.24. The lowest BCUT2D eigenvalue weighted by atomic mass is 9.99. The number of likely N-dealkylation sites (tertiary alicyclic amines) is 1. The van der Waals surface area contributed by atoms with Gasteiger partial charge in [0.1, 0.15) is 10.8 Å². The Morgan fingerprint density at radius 3 is 3.06 bits per heavy atom. The molecule has 1 aliphatic heterocycles. The van der Waals surface area contributed by atoms with Gasteiger partial charge < -0.3 is 9.64 Å². The lowest BCUT2D eigenvalue weighted by molar-refractivity contribution is 0.0565. The number of ether oxygens (including phenoxy) is 1. The van der Waals surface area contributed by atoms with Crippen LogP contribution >= 0.6 is 11.6 Å². The lowest BCUT2D eigenvalue weighted by Crippen LogP contribution is -2.41. The number of carbonyl (C=O) groups excluding carboxylic acids is 1. The molecule has 0 saturated carbocycles. The van der Waals surface area contributed by atoms with Crippen LogP contribution in [0.3, 0.4) is 0 Å². The molecule has 1 amide bonds. The Hall–Kier alpha value is -1.20. The van der Waals surface area contributed by atoms with E-state index in [1.807, 2.05) is 4.90 Å². The molecule has 2 heterocycles. The molecule has 1 atom stereocenters. The Labute approximate surface area is 111 Å². The summed E-state index contributed by atoms with van der Waals surface area (Å²) in [7, 11) is 1.69. The molecule has 1 saturated heterocycles. The third-order valence-electron chi connectivity index (χ3n) is 3.05. The van der Waals surface area contributed by atoms with Gasteiger partial charge >= 0.3 is 0 Å². The first-order chi connectivity index (χ1) is 8.70. The summed E-state index contributed by atoms with van der Waals surface area (Å²) in [5.74, 6) is 0.327. The van der Waals surface area contributed by atoms with Gasteiger partial charge in [0.25, 0.3) is 5.91 Å². The summed E-state index contributed by atoms with van der Waals surface area (Å²) < 4.78 is 5.15. The second kappa shape index (κ2) is 6.11. The highest BCUT2D eigenvalue weighted by Crippen LogP contribution is 2.18. The number of halogens is 1. The lowest BCUT2D eigenvalue weighted by Gasteiger charge is -2.32. The normalized spacial score (nSPS) is 19.9. The minimum absolute atomic E-state index is 0.0834. The molecule has 0 N–H and O–H groups in total. The third kappa shape index (κ3) is 3.17. The standard InChI is InChI=1S/C12H16ClN3O2/c1-18-8-9-3-2-4-16(7-9)12(17)10-5-15-11(13)6-14-10/h5-6,9H,2-4,7-8H2,1H3. The van der Waals surface area contributed by atoms with Gasteiger partial charge in [-0.25, -0.2) is 9.97 Å². The van der Waals surface area contributed by atoms with E-state index in [4.69, 9.17) is 16.3 Å². The van der Waals surface area contributed by atoms with Crippen molar-refractivity contribution in [2.75, 3.05) is 26.8 Å². The maximum Gasteiger partial charge on any atom is 0.274 e. The molecule has 1 unspecified atom stereocenters. The predicted octanol–water partition coefficient (Wildman–Crippen LogP) is 1.63. The zero-order valence-corrected chi connectivity index (χ0v) is 11.1. The average Bonchev–Trinajstić information content (AvgIpc) is 2.39. The molecule has 0 bridgehead atoms. The highest BCUT2D eigenvalue weighted by molar-refractivity contribution is 6.29. The molecule has 18 heavy (non-hydrogen) atoms. The van der Waals surface area contributed by atoms with Crippen LogP contribution in [0.25, 0.3) is 0 Å². The molecule has 1 aromatic heterocycles. The smallest absolute Gasteiger partial charge is 0.274 e. The minimum atomic E-state index is -0.0834. The SMILES string of the molecule is COCC1CCCN(C(=O)c2cnc(Cl)cn2)C1. The molecular weight excluding hydrogens is 254 g/mol. The minimum Gasteiger partial charge on any atom is -0.384 e. The Balaban J connectivity index is 2.02. The Kier molecular flexibility index (Phi) is 4.49. The number of carbonyl (C=O) groups is 1. The molecule has 6 heteroatoms. The van der Waals surface area contributed by atoms with Crippen LogP contribution in [0.2, 0.25) is 5.15 Å². The van der Waals surface area contributed by atoms with E-state index in [1.165, 1.54) is 12.4 Å². The first kappa shape index (κ1) is 13.2. The van der Waals surface area contributed by atoms with E-state index < -0.39 is 0 Å². The van der Waals surface area contributed by atoms with E-state index >= 15 is 0 Å². The summed E-state index contributed by atoms with van der Waals surface area (Å²) in [6.07, 6.45) is 4.92.